The van der Waals surface area contributed by atoms with Crippen LogP contribution in [-0.2, 0) is 11.4 Å². The first-order valence-electron chi connectivity index (χ1n) is 12.5. The lowest BCUT2D eigenvalue weighted by atomic mass is 9.83. The quantitative estimate of drug-likeness (QED) is 0.198. The molecule has 4 aromatic carbocycles. The molecule has 0 spiro atoms. The van der Waals surface area contributed by atoms with E-state index in [0.717, 1.165) is 11.1 Å². The van der Waals surface area contributed by atoms with Crippen LogP contribution in [-0.4, -0.2) is 12.6 Å². The van der Waals surface area contributed by atoms with Crippen molar-refractivity contribution in [2.24, 2.45) is 5.73 Å². The van der Waals surface area contributed by atoms with Gasteiger partial charge in [-0.1, -0.05) is 59.6 Å². The van der Waals surface area contributed by atoms with E-state index in [4.69, 9.17) is 36.3 Å². The first kappa shape index (κ1) is 26.7. The molecule has 1 aliphatic rings. The number of fused-ring (bicyclic) bond motifs is 1. The maximum absolute atomic E-state index is 12.4. The number of carbonyl (C=O) groups is 1. The Labute approximate surface area is 236 Å². The molecule has 8 heteroatoms. The molecule has 0 bridgehead atoms. The van der Waals surface area contributed by atoms with Crippen LogP contribution in [0.2, 0.25) is 5.02 Å². The van der Waals surface area contributed by atoms with E-state index in [9.17, 15) is 10.1 Å². The Morgan fingerprint density at radius 1 is 0.950 bits per heavy atom. The van der Waals surface area contributed by atoms with E-state index in [-0.39, 0.29) is 23.8 Å². The van der Waals surface area contributed by atoms with E-state index in [1.807, 2.05) is 55.5 Å². The SMILES string of the molecule is Cc1ccc(COc2cccc(C3C(C#N)=C(N)Oc4cc(OC(=O)COc5ccc(Cl)cc5)ccc43)c2)cc1. The van der Waals surface area contributed by atoms with Gasteiger partial charge in [-0.3, -0.25) is 0 Å². The summed E-state index contributed by atoms with van der Waals surface area (Å²) >= 11 is 5.87. The Balaban J connectivity index is 1.33. The Hall–Kier alpha value is -4.93. The van der Waals surface area contributed by atoms with Gasteiger partial charge in [0.15, 0.2) is 6.61 Å². The standard InChI is InChI=1S/C32H25ClN2O5/c1-20-5-7-21(8-6-20)18-37-25-4-2-3-22(15-25)31-27-14-13-26(16-29(27)40-32(35)28(31)17-34)39-30(36)19-38-24-11-9-23(33)10-12-24/h2-16,31H,18-19,35H2,1H3. The fourth-order valence-corrected chi connectivity index (χ4v) is 4.44. The lowest BCUT2D eigenvalue weighted by Crippen LogP contribution is -2.21. The summed E-state index contributed by atoms with van der Waals surface area (Å²) in [4.78, 5) is 12.4. The molecule has 0 radical (unpaired) electrons. The molecule has 200 valence electrons. The fourth-order valence-electron chi connectivity index (χ4n) is 4.31. The zero-order valence-corrected chi connectivity index (χ0v) is 22.4. The lowest BCUT2D eigenvalue weighted by molar-refractivity contribution is -0.136. The van der Waals surface area contributed by atoms with Crippen molar-refractivity contribution in [3.05, 3.63) is 130 Å². The van der Waals surface area contributed by atoms with Crippen molar-refractivity contribution in [1.29, 1.82) is 5.26 Å². The second kappa shape index (κ2) is 11.9. The van der Waals surface area contributed by atoms with Gasteiger partial charge in [0.05, 0.1) is 5.92 Å². The van der Waals surface area contributed by atoms with Crippen LogP contribution in [0.4, 0.5) is 0 Å². The van der Waals surface area contributed by atoms with Crippen molar-refractivity contribution in [1.82, 2.24) is 0 Å². The summed E-state index contributed by atoms with van der Waals surface area (Å²) in [7, 11) is 0. The highest BCUT2D eigenvalue weighted by atomic mass is 35.5. The van der Waals surface area contributed by atoms with Gasteiger partial charge in [-0.15, -0.1) is 0 Å². The highest BCUT2D eigenvalue weighted by molar-refractivity contribution is 6.30. The second-order valence-electron chi connectivity index (χ2n) is 9.19. The van der Waals surface area contributed by atoms with Crippen molar-refractivity contribution < 1.29 is 23.7 Å². The maximum Gasteiger partial charge on any atom is 0.349 e. The number of hydrogen-bond acceptors (Lipinski definition) is 7. The van der Waals surface area contributed by atoms with Gasteiger partial charge in [0.1, 0.15) is 41.2 Å². The lowest BCUT2D eigenvalue weighted by Gasteiger charge is -2.27. The van der Waals surface area contributed by atoms with E-state index < -0.39 is 11.9 Å². The molecule has 0 amide bonds. The molecular formula is C32H25ClN2O5. The minimum Gasteiger partial charge on any atom is -0.489 e. The summed E-state index contributed by atoms with van der Waals surface area (Å²) in [6.45, 7) is 2.15. The third kappa shape index (κ3) is 6.20. The molecule has 2 N–H and O–H groups in total. The molecule has 5 rings (SSSR count). The van der Waals surface area contributed by atoms with Crippen LogP contribution in [0.25, 0.3) is 0 Å². The smallest absolute Gasteiger partial charge is 0.349 e. The average molecular weight is 553 g/mol. The molecule has 1 heterocycles. The molecule has 1 aliphatic heterocycles. The van der Waals surface area contributed by atoms with E-state index in [1.165, 1.54) is 5.56 Å². The molecule has 0 aliphatic carbocycles. The number of allylic oxidation sites excluding steroid dienone is 1. The molecular weight excluding hydrogens is 528 g/mol. The minimum atomic E-state index is -0.595. The van der Waals surface area contributed by atoms with Gasteiger partial charge in [0.2, 0.25) is 5.88 Å². The molecule has 0 fully saturated rings. The Kier molecular flexibility index (Phi) is 7.90. The van der Waals surface area contributed by atoms with Crippen LogP contribution in [0.15, 0.2) is 102 Å². The minimum absolute atomic E-state index is 0.0134. The summed E-state index contributed by atoms with van der Waals surface area (Å²) < 4.78 is 22.7. The summed E-state index contributed by atoms with van der Waals surface area (Å²) in [6, 6.07) is 29.5. The molecule has 7 nitrogen and oxygen atoms in total. The number of nitrogens with zero attached hydrogens (tertiary/aromatic N) is 1. The number of benzene rings is 4. The molecule has 0 saturated heterocycles. The number of halogens is 1. The van der Waals surface area contributed by atoms with Gasteiger partial charge < -0.3 is 24.7 Å². The van der Waals surface area contributed by atoms with Crippen molar-refractivity contribution in [2.75, 3.05) is 6.61 Å². The second-order valence-corrected chi connectivity index (χ2v) is 9.62. The van der Waals surface area contributed by atoms with Gasteiger partial charge in [0, 0.05) is 16.7 Å². The molecule has 1 unspecified atom stereocenters. The summed E-state index contributed by atoms with van der Waals surface area (Å²) in [5.74, 6) is 0.692. The normalized spacial score (nSPS) is 14.0. The van der Waals surface area contributed by atoms with Crippen molar-refractivity contribution in [3.8, 4) is 29.1 Å². The number of ether oxygens (including phenoxy) is 4. The van der Waals surface area contributed by atoms with Crippen LogP contribution in [0.5, 0.6) is 23.0 Å². The van der Waals surface area contributed by atoms with Crippen LogP contribution >= 0.6 is 11.6 Å². The van der Waals surface area contributed by atoms with E-state index >= 15 is 0 Å². The summed E-state index contributed by atoms with van der Waals surface area (Å²) in [6.07, 6.45) is 0. The number of aryl methyl sites for hydroxylation is 1. The third-order valence-corrected chi connectivity index (χ3v) is 6.56. The van der Waals surface area contributed by atoms with Gasteiger partial charge in [-0.2, -0.15) is 5.26 Å². The van der Waals surface area contributed by atoms with Crippen molar-refractivity contribution >= 4 is 17.6 Å². The predicted molar refractivity (Wildman–Crippen MR) is 150 cm³/mol. The highest BCUT2D eigenvalue weighted by Crippen LogP contribution is 2.44. The first-order valence-corrected chi connectivity index (χ1v) is 12.9. The Morgan fingerprint density at radius 3 is 2.45 bits per heavy atom. The molecule has 1 atom stereocenters. The van der Waals surface area contributed by atoms with Gasteiger partial charge >= 0.3 is 5.97 Å². The monoisotopic (exact) mass is 552 g/mol. The van der Waals surface area contributed by atoms with E-state index in [0.29, 0.717) is 34.4 Å². The molecule has 0 aromatic heterocycles. The van der Waals surface area contributed by atoms with Crippen LogP contribution in [0, 0.1) is 18.3 Å². The number of rotatable bonds is 8. The Morgan fingerprint density at radius 2 is 1.70 bits per heavy atom. The van der Waals surface area contributed by atoms with Gasteiger partial charge in [-0.05, 0) is 60.5 Å². The number of esters is 1. The zero-order chi connectivity index (χ0) is 28.1. The summed E-state index contributed by atoms with van der Waals surface area (Å²) in [5.41, 5.74) is 10.2. The summed E-state index contributed by atoms with van der Waals surface area (Å²) in [5, 5.41) is 10.5. The van der Waals surface area contributed by atoms with Gasteiger partial charge in [0.25, 0.3) is 0 Å². The Bertz CT molecular complexity index is 1610. The number of nitriles is 1. The molecule has 4 aromatic rings. The third-order valence-electron chi connectivity index (χ3n) is 6.31. The van der Waals surface area contributed by atoms with Crippen LogP contribution < -0.4 is 24.7 Å². The van der Waals surface area contributed by atoms with E-state index in [2.05, 4.69) is 6.07 Å². The first-order chi connectivity index (χ1) is 19.4. The molecule has 0 saturated carbocycles. The predicted octanol–water partition coefficient (Wildman–Crippen LogP) is 6.43. The van der Waals surface area contributed by atoms with Crippen molar-refractivity contribution in [2.45, 2.75) is 19.4 Å². The molecule has 40 heavy (non-hydrogen) atoms. The number of carbonyl (C=O) groups excluding carboxylic acids is 1. The van der Waals surface area contributed by atoms with Crippen LogP contribution in [0.1, 0.15) is 28.2 Å². The number of hydrogen-bond donors (Lipinski definition) is 1. The van der Waals surface area contributed by atoms with E-state index in [1.54, 1.807) is 42.5 Å². The van der Waals surface area contributed by atoms with Crippen LogP contribution in [0.3, 0.4) is 0 Å². The maximum atomic E-state index is 12.4. The average Bonchev–Trinajstić information content (AvgIpc) is 2.96. The van der Waals surface area contributed by atoms with Gasteiger partial charge in [-0.25, -0.2) is 4.79 Å². The largest absolute Gasteiger partial charge is 0.489 e. The van der Waals surface area contributed by atoms with Crippen molar-refractivity contribution in [3.63, 3.8) is 0 Å². The highest BCUT2D eigenvalue weighted by Gasteiger charge is 2.31. The number of nitrogens with two attached hydrogens (primary N) is 1. The topological polar surface area (TPSA) is 104 Å². The fraction of sp³-hybridized carbons (Fsp3) is 0.125. The zero-order valence-electron chi connectivity index (χ0n) is 21.6.